The summed E-state index contributed by atoms with van der Waals surface area (Å²) in [6.45, 7) is 5.79. The Balaban J connectivity index is 2.09. The summed E-state index contributed by atoms with van der Waals surface area (Å²) in [5, 5.41) is 18.4. The van der Waals surface area contributed by atoms with Gasteiger partial charge >= 0.3 is 0 Å². The number of carbonyl (C=O) groups is 1. The van der Waals surface area contributed by atoms with Crippen molar-refractivity contribution in [3.8, 4) is 0 Å². The average molecular weight is 345 g/mol. The molecule has 0 aliphatic rings. The zero-order valence-electron chi connectivity index (χ0n) is 15.1. The van der Waals surface area contributed by atoms with Gasteiger partial charge in [0.05, 0.1) is 23.2 Å². The molecule has 2 rings (SSSR count). The number of nitro groups is 1. The van der Waals surface area contributed by atoms with Gasteiger partial charge in [-0.15, -0.1) is 0 Å². The van der Waals surface area contributed by atoms with Crippen LogP contribution in [0.4, 0.5) is 11.4 Å². The summed E-state index contributed by atoms with van der Waals surface area (Å²) in [5.41, 5.74) is 3.25. The summed E-state index contributed by atoms with van der Waals surface area (Å²) in [6.07, 6.45) is 0. The summed E-state index contributed by atoms with van der Waals surface area (Å²) in [7, 11) is 3.52. The Morgan fingerprint density at radius 1 is 1.40 bits per heavy atom. The maximum atomic E-state index is 12.4. The van der Waals surface area contributed by atoms with Crippen molar-refractivity contribution in [3.63, 3.8) is 0 Å². The van der Waals surface area contributed by atoms with Gasteiger partial charge in [0.2, 0.25) is 5.91 Å². The van der Waals surface area contributed by atoms with Crippen molar-refractivity contribution in [1.29, 1.82) is 0 Å². The lowest BCUT2D eigenvalue weighted by Gasteiger charge is -2.21. The first-order chi connectivity index (χ1) is 11.7. The van der Waals surface area contributed by atoms with Gasteiger partial charge in [0.25, 0.3) is 5.69 Å². The minimum Gasteiger partial charge on any atom is -0.360 e. The van der Waals surface area contributed by atoms with E-state index in [2.05, 4.69) is 10.4 Å². The summed E-state index contributed by atoms with van der Waals surface area (Å²) < 4.78 is 1.78. The van der Waals surface area contributed by atoms with Gasteiger partial charge in [-0.25, -0.2) is 0 Å². The number of nitrogens with one attached hydrogen (secondary N) is 1. The molecule has 1 aromatic heterocycles. The van der Waals surface area contributed by atoms with Gasteiger partial charge in [-0.05, 0) is 26.8 Å². The van der Waals surface area contributed by atoms with Gasteiger partial charge in [-0.1, -0.05) is 12.1 Å². The lowest BCUT2D eigenvalue weighted by Crippen LogP contribution is -2.37. The smallest absolute Gasteiger partial charge is 0.292 e. The van der Waals surface area contributed by atoms with Crippen molar-refractivity contribution < 1.29 is 9.72 Å². The summed E-state index contributed by atoms with van der Waals surface area (Å²) >= 11 is 0. The molecule has 1 atom stereocenters. The summed E-state index contributed by atoms with van der Waals surface area (Å²) in [6, 6.07) is 6.17. The third-order valence-electron chi connectivity index (χ3n) is 4.25. The molecule has 134 valence electrons. The number of amides is 1. The molecule has 0 radical (unpaired) electrons. The van der Waals surface area contributed by atoms with Crippen LogP contribution in [-0.4, -0.2) is 34.2 Å². The van der Waals surface area contributed by atoms with E-state index in [-0.39, 0.29) is 24.2 Å². The van der Waals surface area contributed by atoms with Crippen LogP contribution in [0.25, 0.3) is 0 Å². The van der Waals surface area contributed by atoms with Gasteiger partial charge in [0.15, 0.2) is 0 Å². The normalized spacial score (nSPS) is 11.9. The third kappa shape index (κ3) is 3.96. The topological polar surface area (TPSA) is 93.3 Å². The molecule has 0 fully saturated rings. The standard InChI is InChI=1S/C17H23N5O3/c1-11(17-12(2)19-21(5)13(17)3)18-16(23)10-20(4)14-8-6-7-9-15(14)22(24)25/h6-9,11H,10H2,1-5H3,(H,18,23)/t11-/m0/s1. The highest BCUT2D eigenvalue weighted by Crippen LogP contribution is 2.26. The third-order valence-corrected chi connectivity index (χ3v) is 4.25. The number of nitro benzene ring substituents is 1. The molecule has 0 saturated carbocycles. The van der Waals surface area contributed by atoms with Crippen molar-refractivity contribution in [2.45, 2.75) is 26.8 Å². The fourth-order valence-corrected chi connectivity index (χ4v) is 3.02. The van der Waals surface area contributed by atoms with Crippen molar-refractivity contribution in [1.82, 2.24) is 15.1 Å². The van der Waals surface area contributed by atoms with Crippen LogP contribution >= 0.6 is 0 Å². The maximum absolute atomic E-state index is 12.4. The van der Waals surface area contributed by atoms with E-state index in [9.17, 15) is 14.9 Å². The molecule has 8 heteroatoms. The Morgan fingerprint density at radius 3 is 2.60 bits per heavy atom. The van der Waals surface area contributed by atoms with Gasteiger partial charge in [-0.2, -0.15) is 5.10 Å². The Labute approximate surface area is 146 Å². The zero-order valence-corrected chi connectivity index (χ0v) is 15.1. The number of hydrogen-bond donors (Lipinski definition) is 1. The van der Waals surface area contributed by atoms with Gasteiger partial charge in [0.1, 0.15) is 5.69 Å². The van der Waals surface area contributed by atoms with E-state index in [1.165, 1.54) is 6.07 Å². The van der Waals surface area contributed by atoms with Crippen LogP contribution in [0.15, 0.2) is 24.3 Å². The first kappa shape index (κ1) is 18.4. The van der Waals surface area contributed by atoms with Crippen molar-refractivity contribution >= 4 is 17.3 Å². The van der Waals surface area contributed by atoms with Crippen LogP contribution in [0, 0.1) is 24.0 Å². The highest BCUT2D eigenvalue weighted by molar-refractivity contribution is 5.82. The quantitative estimate of drug-likeness (QED) is 0.640. The number of likely N-dealkylation sites (N-methyl/N-ethyl adjacent to an activating group) is 1. The fourth-order valence-electron chi connectivity index (χ4n) is 3.02. The molecule has 0 saturated heterocycles. The number of aromatic nitrogens is 2. The van der Waals surface area contributed by atoms with E-state index >= 15 is 0 Å². The second-order valence-corrected chi connectivity index (χ2v) is 6.10. The minimum absolute atomic E-state index is 0.0214. The van der Waals surface area contributed by atoms with Crippen molar-refractivity contribution in [2.24, 2.45) is 7.05 Å². The monoisotopic (exact) mass is 345 g/mol. The zero-order chi connectivity index (χ0) is 18.7. The second kappa shape index (κ2) is 7.33. The van der Waals surface area contributed by atoms with Gasteiger partial charge < -0.3 is 10.2 Å². The van der Waals surface area contributed by atoms with Crippen LogP contribution in [0.2, 0.25) is 0 Å². The van der Waals surface area contributed by atoms with Crippen molar-refractivity contribution in [3.05, 3.63) is 51.3 Å². The van der Waals surface area contributed by atoms with Gasteiger partial charge in [0, 0.05) is 31.4 Å². The Hall–Kier alpha value is -2.90. The molecule has 1 N–H and O–H groups in total. The van der Waals surface area contributed by atoms with E-state index in [0.717, 1.165) is 17.0 Å². The number of aryl methyl sites for hydroxylation is 2. The number of nitrogens with zero attached hydrogens (tertiary/aromatic N) is 4. The van der Waals surface area contributed by atoms with Crippen LogP contribution in [-0.2, 0) is 11.8 Å². The van der Waals surface area contributed by atoms with Gasteiger partial charge in [-0.3, -0.25) is 19.6 Å². The molecular formula is C17H23N5O3. The van der Waals surface area contributed by atoms with Crippen LogP contribution in [0.3, 0.4) is 0 Å². The first-order valence-electron chi connectivity index (χ1n) is 7.96. The highest BCUT2D eigenvalue weighted by Gasteiger charge is 2.21. The molecule has 0 bridgehead atoms. The summed E-state index contributed by atoms with van der Waals surface area (Å²) in [5.74, 6) is -0.212. The van der Waals surface area contributed by atoms with E-state index in [1.54, 1.807) is 34.8 Å². The molecule has 2 aromatic rings. The molecule has 1 aromatic carbocycles. The van der Waals surface area contributed by atoms with Crippen LogP contribution in [0.5, 0.6) is 0 Å². The number of benzene rings is 1. The number of rotatable bonds is 6. The fraction of sp³-hybridized carbons (Fsp3) is 0.412. The predicted octanol–water partition coefficient (Wildman–Crippen LogP) is 2.26. The lowest BCUT2D eigenvalue weighted by molar-refractivity contribution is -0.384. The molecular weight excluding hydrogens is 322 g/mol. The molecule has 1 heterocycles. The molecule has 0 aliphatic carbocycles. The number of para-hydroxylation sites is 2. The molecule has 8 nitrogen and oxygen atoms in total. The number of anilines is 1. The molecule has 1 amide bonds. The minimum atomic E-state index is -0.450. The van der Waals surface area contributed by atoms with Crippen LogP contribution < -0.4 is 10.2 Å². The number of carbonyl (C=O) groups excluding carboxylic acids is 1. The molecule has 25 heavy (non-hydrogen) atoms. The molecule has 0 unspecified atom stereocenters. The van der Waals surface area contributed by atoms with E-state index < -0.39 is 4.92 Å². The number of hydrogen-bond acceptors (Lipinski definition) is 5. The largest absolute Gasteiger partial charge is 0.360 e. The summed E-state index contributed by atoms with van der Waals surface area (Å²) in [4.78, 5) is 24.6. The molecule has 0 aliphatic heterocycles. The van der Waals surface area contributed by atoms with Crippen LogP contribution in [0.1, 0.15) is 29.9 Å². The molecule has 0 spiro atoms. The van der Waals surface area contributed by atoms with Crippen molar-refractivity contribution in [2.75, 3.05) is 18.5 Å². The Kier molecular flexibility index (Phi) is 5.41. The Morgan fingerprint density at radius 2 is 2.04 bits per heavy atom. The maximum Gasteiger partial charge on any atom is 0.292 e. The van der Waals surface area contributed by atoms with E-state index in [0.29, 0.717) is 5.69 Å². The van der Waals surface area contributed by atoms with E-state index in [1.807, 2.05) is 27.8 Å². The first-order valence-corrected chi connectivity index (χ1v) is 7.96. The lowest BCUT2D eigenvalue weighted by atomic mass is 10.1. The second-order valence-electron chi connectivity index (χ2n) is 6.10. The highest BCUT2D eigenvalue weighted by atomic mass is 16.6. The SMILES string of the molecule is Cc1nn(C)c(C)c1[C@H](C)NC(=O)CN(C)c1ccccc1[N+](=O)[O-]. The van der Waals surface area contributed by atoms with E-state index in [4.69, 9.17) is 0 Å². The Bertz CT molecular complexity index is 800. The predicted molar refractivity (Wildman–Crippen MR) is 95.6 cm³/mol. The average Bonchev–Trinajstić information content (AvgIpc) is 2.79.